The van der Waals surface area contributed by atoms with Gasteiger partial charge < -0.3 is 35.2 Å². The SMILES string of the molecule is CCCCCCCCCCCCC/C=C/[C@@H](O)[C@H](CO[C@@H]1O[C@H](COS(=O)(=O)O)[C@H](O)[C@H](O)[C@H]1O)NC(=O)CCCCCCCCCCCCCCC. The van der Waals surface area contributed by atoms with E-state index < -0.39 is 59.9 Å². The molecule has 53 heavy (non-hydrogen) atoms. The molecule has 0 aromatic heterocycles. The van der Waals surface area contributed by atoms with Crippen LogP contribution in [0.2, 0.25) is 0 Å². The van der Waals surface area contributed by atoms with E-state index in [0.717, 1.165) is 38.5 Å². The molecule has 1 fully saturated rings. The maximum absolute atomic E-state index is 12.9. The second kappa shape index (κ2) is 32.0. The number of carbonyl (C=O) groups is 1. The van der Waals surface area contributed by atoms with Crippen molar-refractivity contribution in [3.05, 3.63) is 12.2 Å². The van der Waals surface area contributed by atoms with Gasteiger partial charge in [0.05, 0.1) is 25.4 Å². The molecule has 314 valence electrons. The topological polar surface area (TPSA) is 192 Å². The molecule has 13 heteroatoms. The summed E-state index contributed by atoms with van der Waals surface area (Å²) < 4.78 is 46.4. The lowest BCUT2D eigenvalue weighted by Gasteiger charge is -2.40. The van der Waals surface area contributed by atoms with Gasteiger partial charge in [0.1, 0.15) is 24.4 Å². The third-order valence-electron chi connectivity index (χ3n) is 10.1. The third-order valence-corrected chi connectivity index (χ3v) is 10.5. The summed E-state index contributed by atoms with van der Waals surface area (Å²) in [7, 11) is -4.86. The highest BCUT2D eigenvalue weighted by molar-refractivity contribution is 7.80. The standard InChI is InChI=1S/C40H77NO11S/c1-3-5-7-9-11-13-15-17-19-21-23-25-27-29-34(42)33(31-50-40-39(46)38(45)37(44)35(52-40)32-51-53(47,48)49)41-36(43)30-28-26-24-22-20-18-16-14-12-10-8-6-4-2/h27,29,33-35,37-40,42,44-46H,3-26,28,30-32H2,1-2H3,(H,41,43)(H,47,48,49)/b29-27+/t33-,34+,35+,37-,38-,39+,40+/m0/s1. The number of hydrogen-bond acceptors (Lipinski definition) is 10. The molecule has 7 atom stereocenters. The Hall–Kier alpha value is -1.16. The van der Waals surface area contributed by atoms with Gasteiger partial charge in [-0.1, -0.05) is 167 Å². The lowest BCUT2D eigenvalue weighted by atomic mass is 9.99. The first kappa shape index (κ1) is 49.9. The molecule has 1 heterocycles. The number of ether oxygens (including phenoxy) is 2. The fraction of sp³-hybridized carbons (Fsp3) is 0.925. The number of allylic oxidation sites excluding steroid dienone is 1. The van der Waals surface area contributed by atoms with E-state index in [4.69, 9.17) is 14.0 Å². The van der Waals surface area contributed by atoms with Gasteiger partial charge in [-0.05, 0) is 19.3 Å². The molecule has 0 aliphatic carbocycles. The van der Waals surface area contributed by atoms with Crippen molar-refractivity contribution in [2.24, 2.45) is 0 Å². The molecule has 0 unspecified atom stereocenters. The van der Waals surface area contributed by atoms with Crippen molar-refractivity contribution in [1.82, 2.24) is 5.32 Å². The number of amides is 1. The minimum atomic E-state index is -4.86. The molecule has 0 spiro atoms. The molecule has 1 amide bonds. The van der Waals surface area contributed by atoms with Gasteiger partial charge in [-0.25, -0.2) is 4.18 Å². The van der Waals surface area contributed by atoms with Crippen LogP contribution in [0.25, 0.3) is 0 Å². The molecule has 0 aromatic rings. The highest BCUT2D eigenvalue weighted by atomic mass is 32.3. The summed E-state index contributed by atoms with van der Waals surface area (Å²) in [6.07, 6.45) is 24.4. The fourth-order valence-corrected chi connectivity index (χ4v) is 6.95. The van der Waals surface area contributed by atoms with Crippen molar-refractivity contribution in [2.75, 3.05) is 13.2 Å². The van der Waals surface area contributed by atoms with Crippen LogP contribution in [-0.2, 0) is 28.9 Å². The Labute approximate surface area is 321 Å². The van der Waals surface area contributed by atoms with E-state index in [1.165, 1.54) is 116 Å². The van der Waals surface area contributed by atoms with Gasteiger partial charge in [0.15, 0.2) is 6.29 Å². The van der Waals surface area contributed by atoms with E-state index in [2.05, 4.69) is 23.3 Å². The zero-order valence-electron chi connectivity index (χ0n) is 33.1. The quantitative estimate of drug-likeness (QED) is 0.0216. The van der Waals surface area contributed by atoms with Crippen molar-refractivity contribution in [2.45, 2.75) is 224 Å². The van der Waals surface area contributed by atoms with Gasteiger partial charge in [0.25, 0.3) is 0 Å². The van der Waals surface area contributed by atoms with Crippen molar-refractivity contribution < 1.29 is 51.8 Å². The van der Waals surface area contributed by atoms with Crippen LogP contribution in [-0.4, -0.2) is 95.4 Å². The van der Waals surface area contributed by atoms with Crippen LogP contribution < -0.4 is 5.32 Å². The summed E-state index contributed by atoms with van der Waals surface area (Å²) in [6.45, 7) is 3.31. The summed E-state index contributed by atoms with van der Waals surface area (Å²) in [5.74, 6) is -0.250. The summed E-state index contributed by atoms with van der Waals surface area (Å²) in [5.41, 5.74) is 0. The highest BCUT2D eigenvalue weighted by Crippen LogP contribution is 2.23. The predicted octanol–water partition coefficient (Wildman–Crippen LogP) is 7.21. The number of carbonyl (C=O) groups excluding carboxylic acids is 1. The van der Waals surface area contributed by atoms with Gasteiger partial charge in [-0.15, -0.1) is 0 Å². The van der Waals surface area contributed by atoms with Gasteiger partial charge in [-0.3, -0.25) is 9.35 Å². The Morgan fingerprint density at radius 2 is 1.15 bits per heavy atom. The van der Waals surface area contributed by atoms with Crippen LogP contribution in [0.1, 0.15) is 181 Å². The third kappa shape index (κ3) is 26.4. The number of unbranched alkanes of at least 4 members (excludes halogenated alkanes) is 23. The molecule has 1 saturated heterocycles. The Kier molecular flexibility index (Phi) is 30.1. The van der Waals surface area contributed by atoms with Crippen molar-refractivity contribution in [3.8, 4) is 0 Å². The molecule has 0 radical (unpaired) electrons. The summed E-state index contributed by atoms with van der Waals surface area (Å²) in [6, 6.07) is -0.912. The molecule has 6 N–H and O–H groups in total. The Morgan fingerprint density at radius 1 is 0.698 bits per heavy atom. The van der Waals surface area contributed by atoms with Crippen LogP contribution in [0.3, 0.4) is 0 Å². The van der Waals surface area contributed by atoms with Crippen LogP contribution in [0.4, 0.5) is 0 Å². The van der Waals surface area contributed by atoms with Crippen LogP contribution in [0, 0.1) is 0 Å². The van der Waals surface area contributed by atoms with Crippen LogP contribution in [0.15, 0.2) is 12.2 Å². The molecule has 1 rings (SSSR count). The minimum Gasteiger partial charge on any atom is -0.387 e. The molecule has 1 aliphatic heterocycles. The number of hydrogen-bond donors (Lipinski definition) is 6. The van der Waals surface area contributed by atoms with Crippen molar-refractivity contribution in [1.29, 1.82) is 0 Å². The van der Waals surface area contributed by atoms with E-state index in [9.17, 15) is 33.6 Å². The van der Waals surface area contributed by atoms with Crippen molar-refractivity contribution in [3.63, 3.8) is 0 Å². The van der Waals surface area contributed by atoms with Gasteiger partial charge in [0.2, 0.25) is 5.91 Å². The summed E-state index contributed by atoms with van der Waals surface area (Å²) in [4.78, 5) is 12.9. The molecular weight excluding hydrogens is 703 g/mol. The molecule has 0 bridgehead atoms. The Bertz CT molecular complexity index is 1010. The van der Waals surface area contributed by atoms with E-state index >= 15 is 0 Å². The minimum absolute atomic E-state index is 0.250. The van der Waals surface area contributed by atoms with Gasteiger partial charge in [0, 0.05) is 6.42 Å². The first-order chi connectivity index (χ1) is 25.5. The zero-order valence-corrected chi connectivity index (χ0v) is 33.9. The van der Waals surface area contributed by atoms with Crippen molar-refractivity contribution >= 4 is 16.3 Å². The lowest BCUT2D eigenvalue weighted by Crippen LogP contribution is -2.60. The first-order valence-corrected chi connectivity index (χ1v) is 22.4. The molecule has 12 nitrogen and oxygen atoms in total. The molecule has 1 aliphatic rings. The van der Waals surface area contributed by atoms with E-state index in [1.807, 2.05) is 6.08 Å². The van der Waals surface area contributed by atoms with Gasteiger partial charge >= 0.3 is 10.4 Å². The predicted molar refractivity (Wildman–Crippen MR) is 209 cm³/mol. The number of aliphatic hydroxyl groups is 4. The maximum Gasteiger partial charge on any atom is 0.397 e. The average Bonchev–Trinajstić information content (AvgIpc) is 3.12. The first-order valence-electron chi connectivity index (χ1n) is 21.1. The number of aliphatic hydroxyl groups excluding tert-OH is 4. The fourth-order valence-electron chi connectivity index (χ4n) is 6.65. The lowest BCUT2D eigenvalue weighted by molar-refractivity contribution is -0.301. The monoisotopic (exact) mass is 780 g/mol. The highest BCUT2D eigenvalue weighted by Gasteiger charge is 2.45. The Morgan fingerprint density at radius 3 is 1.62 bits per heavy atom. The largest absolute Gasteiger partial charge is 0.397 e. The number of rotatable bonds is 35. The second-order valence-corrected chi connectivity index (χ2v) is 16.1. The van der Waals surface area contributed by atoms with E-state index in [1.54, 1.807) is 6.08 Å². The van der Waals surface area contributed by atoms with E-state index in [-0.39, 0.29) is 18.9 Å². The molecule has 0 saturated carbocycles. The maximum atomic E-state index is 12.9. The number of nitrogens with one attached hydrogen (secondary N) is 1. The van der Waals surface area contributed by atoms with Gasteiger partial charge in [-0.2, -0.15) is 8.42 Å². The summed E-state index contributed by atoms with van der Waals surface area (Å²) >= 11 is 0. The normalized spacial score (nSPS) is 22.0. The average molecular weight is 780 g/mol. The molecular formula is C40H77NO11S. The van der Waals surface area contributed by atoms with Crippen LogP contribution >= 0.6 is 0 Å². The smallest absolute Gasteiger partial charge is 0.387 e. The molecule has 0 aromatic carbocycles. The van der Waals surface area contributed by atoms with Crippen LogP contribution in [0.5, 0.6) is 0 Å². The van der Waals surface area contributed by atoms with E-state index in [0.29, 0.717) is 6.42 Å². The zero-order chi connectivity index (χ0) is 39.2. The second-order valence-electron chi connectivity index (χ2n) is 15.0. The Balaban J connectivity index is 2.56. The summed E-state index contributed by atoms with van der Waals surface area (Å²) in [5, 5.41) is 44.9.